The van der Waals surface area contributed by atoms with Gasteiger partial charge >= 0.3 is 5.97 Å². The highest BCUT2D eigenvalue weighted by Gasteiger charge is 2.31. The largest absolute Gasteiger partial charge is 0.465 e. The zero-order valence-electron chi connectivity index (χ0n) is 11.2. The minimum atomic E-state index is -0.310. The fourth-order valence-electron chi connectivity index (χ4n) is 2.58. The normalized spacial score (nSPS) is 25.3. The van der Waals surface area contributed by atoms with E-state index in [-0.39, 0.29) is 18.1 Å². The van der Waals surface area contributed by atoms with Crippen molar-refractivity contribution in [1.29, 1.82) is 0 Å². The van der Waals surface area contributed by atoms with Crippen LogP contribution < -0.4 is 0 Å². The van der Waals surface area contributed by atoms with Crippen molar-refractivity contribution in [3.63, 3.8) is 0 Å². The fraction of sp³-hybridized carbons (Fsp3) is 0.923. The number of esters is 1. The fourth-order valence-corrected chi connectivity index (χ4v) is 2.58. The first kappa shape index (κ1) is 14.5. The van der Waals surface area contributed by atoms with Crippen LogP contribution in [-0.4, -0.2) is 47.3 Å². The van der Waals surface area contributed by atoms with Gasteiger partial charge in [-0.15, -0.1) is 0 Å². The van der Waals surface area contributed by atoms with Crippen molar-refractivity contribution < 1.29 is 14.6 Å². The second-order valence-corrected chi connectivity index (χ2v) is 4.90. The van der Waals surface area contributed by atoms with Crippen LogP contribution in [0.5, 0.6) is 0 Å². The molecule has 100 valence electrons. The van der Waals surface area contributed by atoms with Gasteiger partial charge in [-0.2, -0.15) is 0 Å². The minimum absolute atomic E-state index is 0.148. The molecule has 0 radical (unpaired) electrons. The van der Waals surface area contributed by atoms with Crippen molar-refractivity contribution in [3.05, 3.63) is 0 Å². The summed E-state index contributed by atoms with van der Waals surface area (Å²) in [5.41, 5.74) is 0. The molecule has 1 aliphatic heterocycles. The summed E-state index contributed by atoms with van der Waals surface area (Å²) < 4.78 is 5.07. The van der Waals surface area contributed by atoms with E-state index in [1.54, 1.807) is 0 Å². The highest BCUT2D eigenvalue weighted by molar-refractivity contribution is 5.75. The summed E-state index contributed by atoms with van der Waals surface area (Å²) in [6, 6.07) is 0.113. The van der Waals surface area contributed by atoms with E-state index in [4.69, 9.17) is 4.74 Å². The molecule has 1 aliphatic rings. The number of rotatable bonds is 5. The van der Waals surface area contributed by atoms with Gasteiger partial charge in [0.2, 0.25) is 0 Å². The number of aliphatic hydroxyl groups is 1. The van der Waals surface area contributed by atoms with E-state index in [9.17, 15) is 9.90 Å². The number of carbonyl (C=O) groups is 1. The summed E-state index contributed by atoms with van der Waals surface area (Å²) in [6.07, 6.45) is 3.80. The van der Waals surface area contributed by atoms with Gasteiger partial charge in [0, 0.05) is 6.04 Å². The van der Waals surface area contributed by atoms with Gasteiger partial charge in [-0.25, -0.2) is 0 Å². The lowest BCUT2D eigenvalue weighted by Crippen LogP contribution is -2.49. The predicted molar refractivity (Wildman–Crippen MR) is 66.7 cm³/mol. The standard InChI is InChI=1S/C13H25NO3/c1-4-17-13(16)11(3)14-8-6-5-7-12(14)9-10(2)15/h10-12,15H,4-9H2,1-3H3. The molecule has 0 aromatic rings. The van der Waals surface area contributed by atoms with Gasteiger partial charge in [-0.3, -0.25) is 9.69 Å². The Hall–Kier alpha value is -0.610. The Balaban J connectivity index is 2.60. The van der Waals surface area contributed by atoms with E-state index in [2.05, 4.69) is 4.90 Å². The van der Waals surface area contributed by atoms with Crippen LogP contribution in [0, 0.1) is 0 Å². The molecule has 4 heteroatoms. The lowest BCUT2D eigenvalue weighted by molar-refractivity contribution is -0.150. The molecule has 0 bridgehead atoms. The SMILES string of the molecule is CCOC(=O)C(C)N1CCCCC1CC(C)O. The summed E-state index contributed by atoms with van der Waals surface area (Å²) in [4.78, 5) is 13.9. The molecule has 3 unspecified atom stereocenters. The van der Waals surface area contributed by atoms with Gasteiger partial charge in [0.1, 0.15) is 6.04 Å². The average molecular weight is 243 g/mol. The lowest BCUT2D eigenvalue weighted by Gasteiger charge is -2.39. The summed E-state index contributed by atoms with van der Waals surface area (Å²) in [5.74, 6) is -0.148. The molecule has 0 aromatic heterocycles. The number of carbonyl (C=O) groups excluding carboxylic acids is 1. The molecule has 0 saturated carbocycles. The number of aliphatic hydroxyl groups excluding tert-OH is 1. The molecule has 1 N–H and O–H groups in total. The van der Waals surface area contributed by atoms with E-state index in [1.165, 1.54) is 6.42 Å². The number of hydrogen-bond donors (Lipinski definition) is 1. The van der Waals surface area contributed by atoms with E-state index in [1.807, 2.05) is 20.8 Å². The molecule has 0 aliphatic carbocycles. The summed E-state index contributed by atoms with van der Waals surface area (Å²) in [7, 11) is 0. The van der Waals surface area contributed by atoms with Gasteiger partial charge in [0.15, 0.2) is 0 Å². The van der Waals surface area contributed by atoms with Gasteiger partial charge in [0.05, 0.1) is 12.7 Å². The number of likely N-dealkylation sites (tertiary alicyclic amines) is 1. The molecule has 1 fully saturated rings. The highest BCUT2D eigenvalue weighted by Crippen LogP contribution is 2.23. The van der Waals surface area contributed by atoms with Crippen LogP contribution in [0.3, 0.4) is 0 Å². The van der Waals surface area contributed by atoms with Crippen LogP contribution in [0.25, 0.3) is 0 Å². The molecule has 1 rings (SSSR count). The minimum Gasteiger partial charge on any atom is -0.465 e. The van der Waals surface area contributed by atoms with E-state index < -0.39 is 0 Å². The smallest absolute Gasteiger partial charge is 0.323 e. The highest BCUT2D eigenvalue weighted by atomic mass is 16.5. The van der Waals surface area contributed by atoms with Gasteiger partial charge in [0.25, 0.3) is 0 Å². The zero-order chi connectivity index (χ0) is 12.8. The lowest BCUT2D eigenvalue weighted by atomic mass is 9.95. The monoisotopic (exact) mass is 243 g/mol. The van der Waals surface area contributed by atoms with Crippen LogP contribution in [0.15, 0.2) is 0 Å². The predicted octanol–water partition coefficient (Wildman–Crippen LogP) is 1.56. The van der Waals surface area contributed by atoms with Crippen LogP contribution in [0.4, 0.5) is 0 Å². The Morgan fingerprint density at radius 2 is 2.18 bits per heavy atom. The molecular formula is C13H25NO3. The first-order valence-corrected chi connectivity index (χ1v) is 6.66. The summed E-state index contributed by atoms with van der Waals surface area (Å²) in [5, 5.41) is 9.50. The van der Waals surface area contributed by atoms with E-state index in [0.29, 0.717) is 12.6 Å². The molecular weight excluding hydrogens is 218 g/mol. The van der Waals surface area contributed by atoms with E-state index >= 15 is 0 Å². The third-order valence-electron chi connectivity index (χ3n) is 3.41. The number of ether oxygens (including phenoxy) is 1. The number of nitrogens with zero attached hydrogens (tertiary/aromatic N) is 1. The quantitative estimate of drug-likeness (QED) is 0.745. The molecule has 0 amide bonds. The molecule has 1 saturated heterocycles. The molecule has 4 nitrogen and oxygen atoms in total. The van der Waals surface area contributed by atoms with Crippen LogP contribution in [0.1, 0.15) is 46.5 Å². The average Bonchev–Trinajstić information content (AvgIpc) is 2.28. The third kappa shape index (κ3) is 4.28. The van der Waals surface area contributed by atoms with Crippen molar-refractivity contribution in [2.24, 2.45) is 0 Å². The summed E-state index contributed by atoms with van der Waals surface area (Å²) >= 11 is 0. The Labute approximate surface area is 104 Å². The Morgan fingerprint density at radius 1 is 1.47 bits per heavy atom. The van der Waals surface area contributed by atoms with Crippen molar-refractivity contribution in [2.45, 2.75) is 64.6 Å². The van der Waals surface area contributed by atoms with Gasteiger partial charge < -0.3 is 9.84 Å². The molecule has 1 heterocycles. The van der Waals surface area contributed by atoms with Crippen molar-refractivity contribution in [1.82, 2.24) is 4.90 Å². The maximum Gasteiger partial charge on any atom is 0.323 e. The third-order valence-corrected chi connectivity index (χ3v) is 3.41. The number of piperidine rings is 1. The molecule has 3 atom stereocenters. The first-order chi connectivity index (χ1) is 8.06. The summed E-state index contributed by atoms with van der Waals surface area (Å²) in [6.45, 7) is 6.89. The maximum atomic E-state index is 11.7. The molecule has 0 spiro atoms. The second-order valence-electron chi connectivity index (χ2n) is 4.90. The second kappa shape index (κ2) is 6.97. The maximum absolute atomic E-state index is 11.7. The molecule has 0 aromatic carbocycles. The van der Waals surface area contributed by atoms with Crippen molar-refractivity contribution in [3.8, 4) is 0 Å². The van der Waals surface area contributed by atoms with E-state index in [0.717, 1.165) is 25.8 Å². The van der Waals surface area contributed by atoms with Crippen LogP contribution in [-0.2, 0) is 9.53 Å². The zero-order valence-corrected chi connectivity index (χ0v) is 11.2. The Kier molecular flexibility index (Phi) is 5.92. The Bertz CT molecular complexity index is 243. The van der Waals surface area contributed by atoms with Gasteiger partial charge in [-0.05, 0) is 46.6 Å². The van der Waals surface area contributed by atoms with Crippen molar-refractivity contribution >= 4 is 5.97 Å². The Morgan fingerprint density at radius 3 is 2.76 bits per heavy atom. The van der Waals surface area contributed by atoms with Crippen molar-refractivity contribution in [2.75, 3.05) is 13.2 Å². The number of hydrogen-bond acceptors (Lipinski definition) is 4. The topological polar surface area (TPSA) is 49.8 Å². The molecule has 17 heavy (non-hydrogen) atoms. The first-order valence-electron chi connectivity index (χ1n) is 6.66. The van der Waals surface area contributed by atoms with Gasteiger partial charge in [-0.1, -0.05) is 6.42 Å². The van der Waals surface area contributed by atoms with Crippen LogP contribution in [0.2, 0.25) is 0 Å². The van der Waals surface area contributed by atoms with Crippen LogP contribution >= 0.6 is 0 Å².